The van der Waals surface area contributed by atoms with Crippen molar-refractivity contribution < 1.29 is 14.3 Å². The normalized spacial score (nSPS) is 16.8. The molecule has 1 fully saturated rings. The van der Waals surface area contributed by atoms with Crippen LogP contribution in [0.1, 0.15) is 5.56 Å². The summed E-state index contributed by atoms with van der Waals surface area (Å²) in [6.07, 6.45) is -0.504. The first kappa shape index (κ1) is 16.3. The fraction of sp³-hybridized carbons (Fsp3) is 0.222. The van der Waals surface area contributed by atoms with Crippen molar-refractivity contribution in [3.8, 4) is 0 Å². The van der Waals surface area contributed by atoms with Gasteiger partial charge in [0.05, 0.1) is 19.5 Å². The van der Waals surface area contributed by atoms with E-state index in [2.05, 4.69) is 5.32 Å². The lowest BCUT2D eigenvalue weighted by Crippen LogP contribution is -2.35. The predicted molar refractivity (Wildman–Crippen MR) is 92.2 cm³/mol. The molecule has 6 heteroatoms. The Morgan fingerprint density at radius 1 is 1.21 bits per heavy atom. The molecule has 0 saturated carbocycles. The molecule has 0 radical (unpaired) electrons. The van der Waals surface area contributed by atoms with Crippen molar-refractivity contribution in [3.63, 3.8) is 0 Å². The molecule has 24 heavy (non-hydrogen) atoms. The van der Waals surface area contributed by atoms with Crippen LogP contribution in [0.25, 0.3) is 0 Å². The van der Waals surface area contributed by atoms with Crippen molar-refractivity contribution >= 4 is 29.3 Å². The molecule has 1 aliphatic rings. The van der Waals surface area contributed by atoms with E-state index in [4.69, 9.17) is 16.3 Å². The fourth-order valence-electron chi connectivity index (χ4n) is 2.55. The van der Waals surface area contributed by atoms with Gasteiger partial charge in [0, 0.05) is 10.7 Å². The minimum atomic E-state index is -0.431. The van der Waals surface area contributed by atoms with E-state index in [1.807, 2.05) is 30.3 Å². The number of nitrogens with zero attached hydrogens (tertiary/aromatic N) is 1. The zero-order valence-corrected chi connectivity index (χ0v) is 13.7. The number of anilines is 1. The Bertz CT molecular complexity index is 736. The van der Waals surface area contributed by atoms with Crippen LogP contribution < -0.4 is 10.2 Å². The van der Waals surface area contributed by atoms with Gasteiger partial charge in [0.25, 0.3) is 0 Å². The summed E-state index contributed by atoms with van der Waals surface area (Å²) in [5, 5.41) is 3.36. The molecule has 2 aromatic rings. The van der Waals surface area contributed by atoms with Crippen LogP contribution >= 0.6 is 11.6 Å². The Morgan fingerprint density at radius 2 is 2.00 bits per heavy atom. The topological polar surface area (TPSA) is 58.6 Å². The van der Waals surface area contributed by atoms with Gasteiger partial charge in [-0.2, -0.15) is 0 Å². The largest absolute Gasteiger partial charge is 0.442 e. The highest BCUT2D eigenvalue weighted by molar-refractivity contribution is 6.30. The van der Waals surface area contributed by atoms with Gasteiger partial charge in [-0.25, -0.2) is 4.79 Å². The Morgan fingerprint density at radius 3 is 2.75 bits per heavy atom. The molecule has 1 aliphatic heterocycles. The Balaban J connectivity index is 1.52. The van der Waals surface area contributed by atoms with Crippen LogP contribution in [0.2, 0.25) is 5.02 Å². The fourth-order valence-corrected chi connectivity index (χ4v) is 2.74. The highest BCUT2D eigenvalue weighted by Crippen LogP contribution is 2.24. The van der Waals surface area contributed by atoms with Crippen molar-refractivity contribution in [1.29, 1.82) is 0 Å². The van der Waals surface area contributed by atoms with Gasteiger partial charge >= 0.3 is 6.09 Å². The summed E-state index contributed by atoms with van der Waals surface area (Å²) in [4.78, 5) is 25.5. The van der Waals surface area contributed by atoms with Crippen LogP contribution in [0.5, 0.6) is 0 Å². The van der Waals surface area contributed by atoms with Crippen LogP contribution in [0.15, 0.2) is 54.6 Å². The minimum Gasteiger partial charge on any atom is -0.442 e. The number of ether oxygens (including phenoxy) is 1. The lowest BCUT2D eigenvalue weighted by Gasteiger charge is -2.13. The molecular formula is C18H17ClN2O3. The molecule has 3 rings (SSSR count). The maximum absolute atomic E-state index is 12.0. The van der Waals surface area contributed by atoms with Crippen LogP contribution in [0, 0.1) is 0 Å². The summed E-state index contributed by atoms with van der Waals surface area (Å²) in [7, 11) is 0. The van der Waals surface area contributed by atoms with Crippen molar-refractivity contribution in [2.24, 2.45) is 0 Å². The summed E-state index contributed by atoms with van der Waals surface area (Å²) in [5.41, 5.74) is 1.63. The van der Waals surface area contributed by atoms with E-state index in [1.165, 1.54) is 4.90 Å². The van der Waals surface area contributed by atoms with Crippen LogP contribution in [0.3, 0.4) is 0 Å². The second-order valence-electron chi connectivity index (χ2n) is 5.56. The monoisotopic (exact) mass is 344 g/mol. The van der Waals surface area contributed by atoms with E-state index >= 15 is 0 Å². The molecule has 5 nitrogen and oxygen atoms in total. The molecule has 0 spiro atoms. The number of carbonyl (C=O) groups excluding carboxylic acids is 2. The average Bonchev–Trinajstić information content (AvgIpc) is 2.95. The Kier molecular flexibility index (Phi) is 5.01. The molecule has 2 amide bonds. The summed E-state index contributed by atoms with van der Waals surface area (Å²) in [5.74, 6) is -0.0987. The van der Waals surface area contributed by atoms with Gasteiger partial charge in [-0.3, -0.25) is 9.69 Å². The smallest absolute Gasteiger partial charge is 0.414 e. The standard InChI is InChI=1S/C18H17ClN2O3/c19-14-7-4-8-15(10-14)21-12-16(24-18(21)23)11-20-17(22)9-13-5-2-1-3-6-13/h1-8,10,16H,9,11-12H2,(H,20,22)/t16-/m1/s1. The predicted octanol–water partition coefficient (Wildman–Crippen LogP) is 3.02. The van der Waals surface area contributed by atoms with Gasteiger partial charge in [0.15, 0.2) is 0 Å². The van der Waals surface area contributed by atoms with Gasteiger partial charge in [0.1, 0.15) is 6.10 Å². The number of hydrogen-bond acceptors (Lipinski definition) is 3. The molecule has 1 atom stereocenters. The second-order valence-corrected chi connectivity index (χ2v) is 6.00. The number of hydrogen-bond donors (Lipinski definition) is 1. The van der Waals surface area contributed by atoms with Crippen LogP contribution in [0.4, 0.5) is 10.5 Å². The van der Waals surface area contributed by atoms with E-state index < -0.39 is 6.09 Å². The molecule has 2 aromatic carbocycles. The zero-order valence-electron chi connectivity index (χ0n) is 12.9. The van der Waals surface area contributed by atoms with Gasteiger partial charge < -0.3 is 10.1 Å². The molecule has 1 saturated heterocycles. The van der Waals surface area contributed by atoms with E-state index in [1.54, 1.807) is 24.3 Å². The van der Waals surface area contributed by atoms with Gasteiger partial charge in [0.2, 0.25) is 5.91 Å². The SMILES string of the molecule is O=C(Cc1ccccc1)NC[C@@H]1CN(c2cccc(Cl)c2)C(=O)O1. The lowest BCUT2D eigenvalue weighted by molar-refractivity contribution is -0.120. The number of nitrogens with one attached hydrogen (secondary N) is 1. The van der Waals surface area contributed by atoms with Crippen molar-refractivity contribution in [1.82, 2.24) is 5.32 Å². The summed E-state index contributed by atoms with van der Waals surface area (Å²) in [6.45, 7) is 0.666. The molecule has 0 bridgehead atoms. The maximum atomic E-state index is 12.0. The van der Waals surface area contributed by atoms with E-state index in [-0.39, 0.29) is 18.6 Å². The molecule has 0 aromatic heterocycles. The number of amides is 2. The number of halogens is 1. The van der Waals surface area contributed by atoms with Crippen molar-refractivity contribution in [2.45, 2.75) is 12.5 Å². The van der Waals surface area contributed by atoms with E-state index in [0.29, 0.717) is 23.7 Å². The first-order valence-corrected chi connectivity index (χ1v) is 8.04. The Hall–Kier alpha value is -2.53. The van der Waals surface area contributed by atoms with Crippen molar-refractivity contribution in [3.05, 3.63) is 65.2 Å². The number of carbonyl (C=O) groups is 2. The highest BCUT2D eigenvalue weighted by atomic mass is 35.5. The maximum Gasteiger partial charge on any atom is 0.414 e. The number of cyclic esters (lactones) is 1. The number of rotatable bonds is 5. The van der Waals surface area contributed by atoms with Crippen LogP contribution in [-0.4, -0.2) is 31.2 Å². The minimum absolute atomic E-state index is 0.0987. The molecule has 0 unspecified atom stereocenters. The third kappa shape index (κ3) is 4.06. The molecule has 124 valence electrons. The highest BCUT2D eigenvalue weighted by Gasteiger charge is 2.32. The van der Waals surface area contributed by atoms with Crippen LogP contribution in [-0.2, 0) is 16.0 Å². The molecular weight excluding hydrogens is 328 g/mol. The molecule has 1 heterocycles. The van der Waals surface area contributed by atoms with Gasteiger partial charge in [-0.15, -0.1) is 0 Å². The van der Waals surface area contributed by atoms with Crippen molar-refractivity contribution in [2.75, 3.05) is 18.0 Å². The Labute approximate surface area is 145 Å². The lowest BCUT2D eigenvalue weighted by atomic mass is 10.1. The average molecular weight is 345 g/mol. The third-order valence-electron chi connectivity index (χ3n) is 3.73. The zero-order chi connectivity index (χ0) is 16.9. The third-order valence-corrected chi connectivity index (χ3v) is 3.96. The first-order valence-electron chi connectivity index (χ1n) is 7.66. The van der Waals surface area contributed by atoms with Gasteiger partial charge in [-0.05, 0) is 23.8 Å². The molecule has 0 aliphatic carbocycles. The number of benzene rings is 2. The van der Waals surface area contributed by atoms with E-state index in [9.17, 15) is 9.59 Å². The quantitative estimate of drug-likeness (QED) is 0.907. The van der Waals surface area contributed by atoms with E-state index in [0.717, 1.165) is 5.56 Å². The second kappa shape index (κ2) is 7.36. The first-order chi connectivity index (χ1) is 11.6. The van der Waals surface area contributed by atoms with Gasteiger partial charge in [-0.1, -0.05) is 48.0 Å². The summed E-state index contributed by atoms with van der Waals surface area (Å²) >= 11 is 5.95. The summed E-state index contributed by atoms with van der Waals surface area (Å²) in [6, 6.07) is 16.5. The molecule has 1 N–H and O–H groups in total. The summed E-state index contributed by atoms with van der Waals surface area (Å²) < 4.78 is 5.30.